The van der Waals surface area contributed by atoms with Gasteiger partial charge in [0.25, 0.3) is 0 Å². The summed E-state index contributed by atoms with van der Waals surface area (Å²) in [6, 6.07) is 0.241. The topological polar surface area (TPSA) is 61.4 Å². The summed E-state index contributed by atoms with van der Waals surface area (Å²) in [4.78, 5) is 28.0. The monoisotopic (exact) mass is 349 g/mol. The second-order valence-corrected chi connectivity index (χ2v) is 8.54. The first-order valence-electron chi connectivity index (χ1n) is 9.66. The Morgan fingerprint density at radius 2 is 1.92 bits per heavy atom. The summed E-state index contributed by atoms with van der Waals surface area (Å²) in [5.41, 5.74) is -1.11. The van der Waals surface area contributed by atoms with Crippen LogP contribution in [0.2, 0.25) is 0 Å². The van der Waals surface area contributed by atoms with Crippen molar-refractivity contribution in [2.75, 3.05) is 26.2 Å². The zero-order chi connectivity index (χ0) is 18.7. The number of carbonyl (C=O) groups is 2. The summed E-state index contributed by atoms with van der Waals surface area (Å²) in [6.07, 6.45) is 7.17. The van der Waals surface area contributed by atoms with Crippen LogP contribution in [0.1, 0.15) is 53.9 Å². The van der Waals surface area contributed by atoms with Gasteiger partial charge in [-0.15, -0.1) is 0 Å². The average molecular weight is 350 g/mol. The third-order valence-corrected chi connectivity index (χ3v) is 5.37. The number of hydrogen-bond donors (Lipinski definition) is 2. The highest BCUT2D eigenvalue weighted by Crippen LogP contribution is 2.26. The molecule has 0 aromatic heterocycles. The first kappa shape index (κ1) is 20.3. The molecule has 1 atom stereocenters. The van der Waals surface area contributed by atoms with E-state index in [0.29, 0.717) is 13.1 Å². The highest BCUT2D eigenvalue weighted by atomic mass is 16.1. The summed E-state index contributed by atoms with van der Waals surface area (Å²) in [6.45, 7) is 12.5. The fraction of sp³-hybridized carbons (Fsp3) is 0.800. The van der Waals surface area contributed by atoms with Crippen LogP contribution in [0.25, 0.3) is 0 Å². The molecule has 0 radical (unpaired) electrons. The van der Waals surface area contributed by atoms with E-state index in [2.05, 4.69) is 41.5 Å². The number of nitrogens with zero attached hydrogens (tertiary/aromatic N) is 1. The third-order valence-electron chi connectivity index (χ3n) is 5.37. The first-order chi connectivity index (χ1) is 11.7. The zero-order valence-electron chi connectivity index (χ0n) is 16.5. The summed E-state index contributed by atoms with van der Waals surface area (Å²) in [5, 5.41) is 6.81. The number of carbonyl (C=O) groups excluding carboxylic acids is 2. The fourth-order valence-corrected chi connectivity index (χ4v) is 4.04. The summed E-state index contributed by atoms with van der Waals surface area (Å²) >= 11 is 0. The number of fused-ring (bicyclic) bond motifs is 8. The number of hydrogen-bond acceptors (Lipinski definition) is 5. The molecule has 0 aliphatic carbocycles. The van der Waals surface area contributed by atoms with E-state index in [-0.39, 0.29) is 30.1 Å². The maximum Gasteiger partial charge on any atom is 0.166 e. The van der Waals surface area contributed by atoms with Crippen LogP contribution in [0.4, 0.5) is 0 Å². The molecule has 2 N–H and O–H groups in total. The molecule has 0 saturated carbocycles. The van der Waals surface area contributed by atoms with Gasteiger partial charge in [0, 0.05) is 31.6 Å². The molecule has 0 spiro atoms. The molecule has 0 aromatic rings. The lowest BCUT2D eigenvalue weighted by Crippen LogP contribution is -2.74. The largest absolute Gasteiger partial charge is 0.303 e. The van der Waals surface area contributed by atoms with Gasteiger partial charge in [-0.1, -0.05) is 26.0 Å². The van der Waals surface area contributed by atoms with Gasteiger partial charge in [0.05, 0.1) is 12.1 Å². The smallest absolute Gasteiger partial charge is 0.166 e. The second-order valence-electron chi connectivity index (χ2n) is 8.54. The van der Waals surface area contributed by atoms with E-state index in [0.717, 1.165) is 25.8 Å². The van der Waals surface area contributed by atoms with Crippen molar-refractivity contribution in [3.63, 3.8) is 0 Å². The van der Waals surface area contributed by atoms with E-state index >= 15 is 0 Å². The lowest BCUT2D eigenvalue weighted by atomic mass is 9.79. The highest BCUT2D eigenvalue weighted by molar-refractivity contribution is 5.94. The van der Waals surface area contributed by atoms with Gasteiger partial charge in [-0.2, -0.15) is 0 Å². The van der Waals surface area contributed by atoms with E-state index in [4.69, 9.17) is 0 Å². The minimum atomic E-state index is -0.565. The van der Waals surface area contributed by atoms with E-state index in [1.165, 1.54) is 0 Å². The van der Waals surface area contributed by atoms with Gasteiger partial charge in [-0.3, -0.25) is 19.8 Å². The lowest BCUT2D eigenvalue weighted by Gasteiger charge is -2.50. The number of allylic oxidation sites excluding steroid dienone is 1. The Hall–Kier alpha value is -1.04. The van der Waals surface area contributed by atoms with Crippen LogP contribution in [0.5, 0.6) is 0 Å². The van der Waals surface area contributed by atoms with Crippen molar-refractivity contribution < 1.29 is 9.59 Å². The highest BCUT2D eigenvalue weighted by Gasteiger charge is 2.49. The maximum atomic E-state index is 13.0. The number of nitrogens with one attached hydrogen (secondary N) is 2. The first-order valence-corrected chi connectivity index (χ1v) is 9.66. The fourth-order valence-electron chi connectivity index (χ4n) is 4.04. The van der Waals surface area contributed by atoms with Crippen LogP contribution in [0.15, 0.2) is 12.2 Å². The van der Waals surface area contributed by atoms with Crippen molar-refractivity contribution in [3.8, 4) is 0 Å². The standard InChI is InChI=1S/C20H35N3O2/c1-15(2)18(25)20-13-23(14-20)11-9-7-6-8-10-19(5,22-16(3)4)17(24)12-21-20/h7,9,15-16,21-22H,6,8,10-14H2,1-5H3/b9-7-/t19-/m0/s1. The molecule has 3 heterocycles. The quantitative estimate of drug-likeness (QED) is 0.760. The van der Waals surface area contributed by atoms with Crippen molar-refractivity contribution in [1.29, 1.82) is 0 Å². The molecule has 3 aliphatic heterocycles. The van der Waals surface area contributed by atoms with Crippen LogP contribution in [0.3, 0.4) is 0 Å². The third kappa shape index (κ3) is 4.78. The number of ketones is 2. The van der Waals surface area contributed by atoms with Gasteiger partial charge in [0.2, 0.25) is 0 Å². The molecule has 142 valence electrons. The Labute approximate surface area is 152 Å². The molecule has 25 heavy (non-hydrogen) atoms. The Kier molecular flexibility index (Phi) is 6.57. The summed E-state index contributed by atoms with van der Waals surface area (Å²) in [7, 11) is 0. The maximum absolute atomic E-state index is 13.0. The van der Waals surface area contributed by atoms with Crippen LogP contribution in [-0.2, 0) is 9.59 Å². The van der Waals surface area contributed by atoms with Crippen LogP contribution in [-0.4, -0.2) is 59.8 Å². The molecular weight excluding hydrogens is 314 g/mol. The molecule has 3 aliphatic rings. The molecule has 0 unspecified atom stereocenters. The van der Waals surface area contributed by atoms with Gasteiger partial charge in [0.1, 0.15) is 5.54 Å². The number of rotatable bonds is 4. The van der Waals surface area contributed by atoms with Crippen LogP contribution < -0.4 is 10.6 Å². The van der Waals surface area contributed by atoms with Gasteiger partial charge in [-0.25, -0.2) is 0 Å². The SMILES string of the molecule is CC(C)N[C@@]1(C)CCC/C=C\CN2CC(C(=O)C(C)C)(C2)NCC1=O. The van der Waals surface area contributed by atoms with Gasteiger partial charge in [0.15, 0.2) is 11.6 Å². The van der Waals surface area contributed by atoms with Gasteiger partial charge in [-0.05, 0) is 40.0 Å². The Morgan fingerprint density at radius 1 is 1.24 bits per heavy atom. The van der Waals surface area contributed by atoms with Crippen molar-refractivity contribution in [1.82, 2.24) is 15.5 Å². The van der Waals surface area contributed by atoms with E-state index in [9.17, 15) is 9.59 Å². The molecule has 0 amide bonds. The molecule has 3 rings (SSSR count). The van der Waals surface area contributed by atoms with Crippen molar-refractivity contribution in [2.24, 2.45) is 5.92 Å². The normalized spacial score (nSPS) is 35.5. The number of Topliss-reactive ketones (excluding diaryl/α,β-unsaturated/α-hetero) is 2. The van der Waals surface area contributed by atoms with E-state index in [1.807, 2.05) is 20.8 Å². The van der Waals surface area contributed by atoms with E-state index in [1.54, 1.807) is 0 Å². The zero-order valence-corrected chi connectivity index (χ0v) is 16.5. The molecule has 5 heteroatoms. The van der Waals surface area contributed by atoms with Crippen LogP contribution >= 0.6 is 0 Å². The van der Waals surface area contributed by atoms with Crippen molar-refractivity contribution >= 4 is 11.6 Å². The van der Waals surface area contributed by atoms with Crippen molar-refractivity contribution in [3.05, 3.63) is 12.2 Å². The average Bonchev–Trinajstić information content (AvgIpc) is 2.50. The van der Waals surface area contributed by atoms with Crippen molar-refractivity contribution in [2.45, 2.75) is 71.0 Å². The second kappa shape index (κ2) is 8.11. The molecule has 0 aromatic carbocycles. The molecule has 2 bridgehead atoms. The van der Waals surface area contributed by atoms with E-state index < -0.39 is 11.1 Å². The Morgan fingerprint density at radius 3 is 2.52 bits per heavy atom. The Bertz CT molecular complexity index is 521. The van der Waals surface area contributed by atoms with Crippen LogP contribution in [0, 0.1) is 5.92 Å². The molecular formula is C20H35N3O2. The minimum Gasteiger partial charge on any atom is -0.303 e. The lowest BCUT2D eigenvalue weighted by molar-refractivity contribution is -0.136. The summed E-state index contributed by atoms with van der Waals surface area (Å²) in [5.74, 6) is 0.337. The van der Waals surface area contributed by atoms with Gasteiger partial charge < -0.3 is 5.32 Å². The predicted octanol–water partition coefficient (Wildman–Crippen LogP) is 1.92. The Balaban J connectivity index is 2.19. The minimum absolute atomic E-state index is 0.0313. The molecule has 1 fully saturated rings. The molecule has 5 nitrogen and oxygen atoms in total. The molecule has 1 saturated heterocycles. The predicted molar refractivity (Wildman–Crippen MR) is 102 cm³/mol. The summed E-state index contributed by atoms with van der Waals surface area (Å²) < 4.78 is 0. The van der Waals surface area contributed by atoms with Gasteiger partial charge >= 0.3 is 0 Å².